The van der Waals surface area contributed by atoms with Crippen molar-refractivity contribution in [2.45, 2.75) is 52.7 Å². The number of alkyl carbamates (subject to hydrolysis) is 1. The zero-order valence-electron chi connectivity index (χ0n) is 16.3. The highest BCUT2D eigenvalue weighted by molar-refractivity contribution is 6.05. The van der Waals surface area contributed by atoms with Gasteiger partial charge in [-0.3, -0.25) is 9.59 Å². The molecule has 2 unspecified atom stereocenters. The lowest BCUT2D eigenvalue weighted by Gasteiger charge is -2.26. The molecule has 1 aromatic rings. The van der Waals surface area contributed by atoms with Crippen molar-refractivity contribution in [3.8, 4) is 0 Å². The van der Waals surface area contributed by atoms with Crippen LogP contribution in [0.25, 0.3) is 0 Å². The number of rotatable bonds is 6. The van der Waals surface area contributed by atoms with E-state index in [0.717, 1.165) is 0 Å². The molecule has 0 heterocycles. The van der Waals surface area contributed by atoms with Gasteiger partial charge in [0.15, 0.2) is 0 Å². The summed E-state index contributed by atoms with van der Waals surface area (Å²) in [7, 11) is 1.52. The number of nitrogens with one attached hydrogen (secondary N) is 3. The Labute approximate surface area is 154 Å². The van der Waals surface area contributed by atoms with Crippen molar-refractivity contribution < 1.29 is 19.1 Å². The molecule has 1 aromatic carbocycles. The maximum Gasteiger partial charge on any atom is 0.408 e. The molecule has 0 radical (unpaired) electrons. The normalized spacial score (nSPS) is 13.3. The highest BCUT2D eigenvalue weighted by Gasteiger charge is 2.29. The maximum absolute atomic E-state index is 12.8. The first kappa shape index (κ1) is 21.5. The van der Waals surface area contributed by atoms with Crippen LogP contribution in [0.1, 0.15) is 51.4 Å². The average Bonchev–Trinajstić information content (AvgIpc) is 2.57. The van der Waals surface area contributed by atoms with E-state index < -0.39 is 23.6 Å². The second-order valence-corrected chi connectivity index (χ2v) is 7.12. The van der Waals surface area contributed by atoms with Crippen LogP contribution in [0.15, 0.2) is 24.3 Å². The first-order valence-corrected chi connectivity index (χ1v) is 8.70. The minimum absolute atomic E-state index is 0.116. The minimum atomic E-state index is -0.785. The molecule has 0 saturated heterocycles. The van der Waals surface area contributed by atoms with Crippen molar-refractivity contribution in [1.82, 2.24) is 10.6 Å². The summed E-state index contributed by atoms with van der Waals surface area (Å²) in [5.74, 6) is -0.822. The van der Waals surface area contributed by atoms with Gasteiger partial charge in [0, 0.05) is 7.05 Å². The number of hydrogen-bond acceptors (Lipinski definition) is 4. The van der Waals surface area contributed by atoms with Crippen molar-refractivity contribution in [3.63, 3.8) is 0 Å². The predicted molar refractivity (Wildman–Crippen MR) is 101 cm³/mol. The molecule has 0 aliphatic heterocycles. The monoisotopic (exact) mass is 363 g/mol. The Morgan fingerprint density at radius 1 is 1.15 bits per heavy atom. The second kappa shape index (κ2) is 9.22. The van der Waals surface area contributed by atoms with Gasteiger partial charge in [0.2, 0.25) is 5.91 Å². The van der Waals surface area contributed by atoms with Crippen molar-refractivity contribution in [3.05, 3.63) is 29.8 Å². The number of carbonyl (C=O) groups excluding carboxylic acids is 3. The van der Waals surface area contributed by atoms with Gasteiger partial charge < -0.3 is 20.7 Å². The Morgan fingerprint density at radius 3 is 2.31 bits per heavy atom. The van der Waals surface area contributed by atoms with Crippen LogP contribution in [-0.4, -0.2) is 36.6 Å². The van der Waals surface area contributed by atoms with Gasteiger partial charge in [0.05, 0.1) is 11.3 Å². The van der Waals surface area contributed by atoms with Crippen LogP contribution in [0.3, 0.4) is 0 Å². The fourth-order valence-corrected chi connectivity index (χ4v) is 2.27. The molecule has 0 spiro atoms. The molecule has 7 heteroatoms. The maximum atomic E-state index is 12.8. The molecule has 0 aromatic heterocycles. The van der Waals surface area contributed by atoms with Gasteiger partial charge in [-0.15, -0.1) is 0 Å². The summed E-state index contributed by atoms with van der Waals surface area (Å²) >= 11 is 0. The number of benzene rings is 1. The zero-order valence-corrected chi connectivity index (χ0v) is 16.3. The van der Waals surface area contributed by atoms with E-state index in [2.05, 4.69) is 16.0 Å². The molecule has 1 rings (SSSR count). The molecule has 3 amide bonds. The molecule has 0 saturated carbocycles. The van der Waals surface area contributed by atoms with Gasteiger partial charge >= 0.3 is 6.09 Å². The summed E-state index contributed by atoms with van der Waals surface area (Å²) < 4.78 is 5.25. The Morgan fingerprint density at radius 2 is 1.77 bits per heavy atom. The number of ether oxygens (including phenoxy) is 1. The van der Waals surface area contributed by atoms with E-state index in [-0.39, 0.29) is 11.8 Å². The van der Waals surface area contributed by atoms with Gasteiger partial charge in [0.1, 0.15) is 11.6 Å². The standard InChI is InChI=1S/C19H29N3O4/c1-7-12(2)15(22-18(25)26-19(3,4)5)17(24)21-14-11-9-8-10-13(14)16(23)20-6/h8-12,15H,7H2,1-6H3,(H,20,23)(H,21,24)(H,22,25). The lowest BCUT2D eigenvalue weighted by molar-refractivity contribution is -0.119. The Balaban J connectivity index is 2.98. The summed E-state index contributed by atoms with van der Waals surface area (Å²) in [5, 5.41) is 7.91. The van der Waals surface area contributed by atoms with Crippen LogP contribution in [-0.2, 0) is 9.53 Å². The zero-order chi connectivity index (χ0) is 19.9. The third-order valence-electron chi connectivity index (χ3n) is 3.82. The largest absolute Gasteiger partial charge is 0.444 e. The molecule has 7 nitrogen and oxygen atoms in total. The average molecular weight is 363 g/mol. The third-order valence-corrected chi connectivity index (χ3v) is 3.82. The number of carbonyl (C=O) groups is 3. The minimum Gasteiger partial charge on any atom is -0.444 e. The predicted octanol–water partition coefficient (Wildman–Crippen LogP) is 2.92. The summed E-state index contributed by atoms with van der Waals surface area (Å²) in [6.45, 7) is 9.06. The van der Waals surface area contributed by atoms with Gasteiger partial charge in [-0.25, -0.2) is 4.79 Å². The Hall–Kier alpha value is -2.57. The highest BCUT2D eigenvalue weighted by Crippen LogP contribution is 2.18. The molecule has 0 fully saturated rings. The van der Waals surface area contributed by atoms with E-state index >= 15 is 0 Å². The van der Waals surface area contributed by atoms with Crippen LogP contribution >= 0.6 is 0 Å². The molecule has 144 valence electrons. The van der Waals surface area contributed by atoms with Gasteiger partial charge in [0.25, 0.3) is 5.91 Å². The van der Waals surface area contributed by atoms with Crippen molar-refractivity contribution in [2.75, 3.05) is 12.4 Å². The lowest BCUT2D eigenvalue weighted by atomic mass is 9.98. The Kier molecular flexibility index (Phi) is 7.61. The second-order valence-electron chi connectivity index (χ2n) is 7.12. The number of anilines is 1. The van der Waals surface area contributed by atoms with Crippen LogP contribution < -0.4 is 16.0 Å². The summed E-state index contributed by atoms with van der Waals surface area (Å²) in [6.07, 6.45) is 0.0304. The van der Waals surface area contributed by atoms with Gasteiger partial charge in [-0.1, -0.05) is 32.4 Å². The summed E-state index contributed by atoms with van der Waals surface area (Å²) in [4.78, 5) is 36.8. The molecule has 0 aliphatic carbocycles. The van der Waals surface area contributed by atoms with Crippen molar-refractivity contribution in [2.24, 2.45) is 5.92 Å². The van der Waals surface area contributed by atoms with Gasteiger partial charge in [-0.2, -0.15) is 0 Å². The van der Waals surface area contributed by atoms with Crippen LogP contribution in [0.4, 0.5) is 10.5 Å². The molecule has 26 heavy (non-hydrogen) atoms. The van der Waals surface area contributed by atoms with E-state index in [1.807, 2.05) is 13.8 Å². The first-order valence-electron chi connectivity index (χ1n) is 8.70. The highest BCUT2D eigenvalue weighted by atomic mass is 16.6. The third kappa shape index (κ3) is 6.38. The molecule has 2 atom stereocenters. The molecule has 0 bridgehead atoms. The SMILES string of the molecule is CCC(C)C(NC(=O)OC(C)(C)C)C(=O)Nc1ccccc1C(=O)NC. The summed E-state index contributed by atoms with van der Waals surface area (Å²) in [5.41, 5.74) is 0.0755. The molecular formula is C19H29N3O4. The Bertz CT molecular complexity index is 652. The van der Waals surface area contributed by atoms with E-state index in [9.17, 15) is 14.4 Å². The molecule has 3 N–H and O–H groups in total. The van der Waals surface area contributed by atoms with E-state index in [1.54, 1.807) is 45.0 Å². The van der Waals surface area contributed by atoms with Gasteiger partial charge in [-0.05, 0) is 38.8 Å². The quantitative estimate of drug-likeness (QED) is 0.724. The lowest BCUT2D eigenvalue weighted by Crippen LogP contribution is -2.49. The topological polar surface area (TPSA) is 96.5 Å². The number of hydrogen-bond donors (Lipinski definition) is 3. The fourth-order valence-electron chi connectivity index (χ4n) is 2.27. The first-order chi connectivity index (χ1) is 12.1. The summed E-state index contributed by atoms with van der Waals surface area (Å²) in [6, 6.07) is 5.91. The fraction of sp³-hybridized carbons (Fsp3) is 0.526. The number of para-hydroxylation sites is 1. The van der Waals surface area contributed by atoms with E-state index in [1.165, 1.54) is 7.05 Å². The van der Waals surface area contributed by atoms with Crippen LogP contribution in [0, 0.1) is 5.92 Å². The number of amides is 3. The molecular weight excluding hydrogens is 334 g/mol. The molecule has 0 aliphatic rings. The van der Waals surface area contributed by atoms with Crippen molar-refractivity contribution >= 4 is 23.6 Å². The van der Waals surface area contributed by atoms with E-state index in [4.69, 9.17) is 4.74 Å². The van der Waals surface area contributed by atoms with E-state index in [0.29, 0.717) is 17.7 Å². The van der Waals surface area contributed by atoms with Crippen LogP contribution in [0.5, 0.6) is 0 Å². The smallest absolute Gasteiger partial charge is 0.408 e. The van der Waals surface area contributed by atoms with Crippen LogP contribution in [0.2, 0.25) is 0 Å². The van der Waals surface area contributed by atoms with Crippen molar-refractivity contribution in [1.29, 1.82) is 0 Å².